The molecule has 0 spiro atoms. The van der Waals surface area contributed by atoms with E-state index < -0.39 is 0 Å². The molecule has 0 bridgehead atoms. The lowest BCUT2D eigenvalue weighted by Crippen LogP contribution is -2.03. The Hall–Kier alpha value is -8.68. The van der Waals surface area contributed by atoms with E-state index in [-0.39, 0.29) is 0 Å². The maximum atomic E-state index is 5.37. The van der Waals surface area contributed by atoms with Crippen LogP contribution in [-0.4, -0.2) is 33.6 Å². The highest BCUT2D eigenvalue weighted by Crippen LogP contribution is 2.39. The second kappa shape index (κ2) is 13.9. The van der Waals surface area contributed by atoms with Gasteiger partial charge in [0.2, 0.25) is 5.95 Å². The van der Waals surface area contributed by atoms with Crippen LogP contribution in [0.2, 0.25) is 0 Å². The van der Waals surface area contributed by atoms with Gasteiger partial charge < -0.3 is 4.57 Å². The summed E-state index contributed by atoms with van der Waals surface area (Å²) in [6.07, 6.45) is 5.67. The fourth-order valence-corrected chi connectivity index (χ4v) is 9.56. The normalized spacial score (nSPS) is 11.8. The number of rotatable bonds is 6. The Morgan fingerprint density at radius 3 is 1.65 bits per heavy atom. The monoisotopic (exact) mass is 805 g/mol. The molecule has 0 aliphatic carbocycles. The van der Waals surface area contributed by atoms with Crippen LogP contribution >= 0.6 is 0 Å². The van der Waals surface area contributed by atoms with Gasteiger partial charge in [-0.15, -0.1) is 0 Å². The van der Waals surface area contributed by atoms with Crippen molar-refractivity contribution >= 4 is 65.5 Å². The van der Waals surface area contributed by atoms with Gasteiger partial charge in [-0.2, -0.15) is 0 Å². The molecular weight excluding hydrogens is 771 g/mol. The lowest BCUT2D eigenvalue weighted by molar-refractivity contribution is 0.967. The SMILES string of the molecule is c1ccc(-c2cc(-c3ccccc3)nc(-n3c4ccccc4c4ccc(-c5ccc6c(c5)c5ccccc5n6-c5ncc(-n6c7ccccc7c7ncccc76)cn5)cc43)c2)cc1. The molecule has 0 aliphatic heterocycles. The molecule has 7 nitrogen and oxygen atoms in total. The summed E-state index contributed by atoms with van der Waals surface area (Å²) in [5.74, 6) is 1.49. The highest BCUT2D eigenvalue weighted by molar-refractivity contribution is 6.12. The van der Waals surface area contributed by atoms with E-state index in [1.807, 2.05) is 30.7 Å². The van der Waals surface area contributed by atoms with Crippen molar-refractivity contribution in [1.29, 1.82) is 0 Å². The van der Waals surface area contributed by atoms with Gasteiger partial charge in [0.25, 0.3) is 0 Å². The van der Waals surface area contributed by atoms with Gasteiger partial charge in [-0.05, 0) is 82.9 Å². The van der Waals surface area contributed by atoms with Crippen LogP contribution in [0.3, 0.4) is 0 Å². The fourth-order valence-electron chi connectivity index (χ4n) is 9.56. The highest BCUT2D eigenvalue weighted by Gasteiger charge is 2.20. The van der Waals surface area contributed by atoms with Crippen molar-refractivity contribution in [1.82, 2.24) is 33.6 Å². The first-order chi connectivity index (χ1) is 31.2. The van der Waals surface area contributed by atoms with Gasteiger partial charge in [0.05, 0.1) is 62.4 Å². The molecule has 0 atom stereocenters. The Bertz CT molecular complexity index is 3790. The zero-order valence-corrected chi connectivity index (χ0v) is 33.8. The minimum atomic E-state index is 0.614. The summed E-state index contributed by atoms with van der Waals surface area (Å²) in [7, 11) is 0. The third kappa shape index (κ3) is 5.53. The van der Waals surface area contributed by atoms with Crippen LogP contribution in [0.25, 0.3) is 117 Å². The average Bonchev–Trinajstić information content (AvgIpc) is 4.00. The maximum absolute atomic E-state index is 5.37. The molecule has 0 radical (unpaired) electrons. The van der Waals surface area contributed by atoms with Gasteiger partial charge in [0.15, 0.2) is 0 Å². The molecule has 0 amide bonds. The Morgan fingerprint density at radius 2 is 0.889 bits per heavy atom. The lowest BCUT2D eigenvalue weighted by Gasteiger charge is -2.13. The van der Waals surface area contributed by atoms with Crippen molar-refractivity contribution in [2.24, 2.45) is 0 Å². The average molecular weight is 806 g/mol. The van der Waals surface area contributed by atoms with E-state index in [9.17, 15) is 0 Å². The van der Waals surface area contributed by atoms with Crippen LogP contribution in [0.1, 0.15) is 0 Å². The summed E-state index contributed by atoms with van der Waals surface area (Å²) in [6.45, 7) is 0. The first-order valence-electron chi connectivity index (χ1n) is 21.1. The second-order valence-electron chi connectivity index (χ2n) is 16.0. The molecule has 0 saturated carbocycles. The zero-order valence-electron chi connectivity index (χ0n) is 33.8. The van der Waals surface area contributed by atoms with Crippen LogP contribution in [0.5, 0.6) is 0 Å². The molecule has 13 rings (SSSR count). The number of benzene rings is 7. The van der Waals surface area contributed by atoms with Crippen LogP contribution in [0.15, 0.2) is 213 Å². The van der Waals surface area contributed by atoms with E-state index in [1.165, 1.54) is 10.8 Å². The Morgan fingerprint density at radius 1 is 0.317 bits per heavy atom. The zero-order chi connectivity index (χ0) is 41.4. The van der Waals surface area contributed by atoms with Crippen LogP contribution in [-0.2, 0) is 0 Å². The third-order valence-corrected chi connectivity index (χ3v) is 12.4. The largest absolute Gasteiger partial charge is 0.305 e. The molecule has 294 valence electrons. The predicted octanol–water partition coefficient (Wildman–Crippen LogP) is 13.6. The van der Waals surface area contributed by atoms with E-state index in [4.69, 9.17) is 19.9 Å². The molecule has 0 fully saturated rings. The Kier molecular flexibility index (Phi) is 7.77. The number of hydrogen-bond donors (Lipinski definition) is 0. The molecule has 0 saturated heterocycles. The van der Waals surface area contributed by atoms with Crippen molar-refractivity contribution < 1.29 is 0 Å². The number of para-hydroxylation sites is 3. The van der Waals surface area contributed by atoms with Crippen molar-refractivity contribution in [2.45, 2.75) is 0 Å². The molecule has 63 heavy (non-hydrogen) atoms. The quantitative estimate of drug-likeness (QED) is 0.168. The van der Waals surface area contributed by atoms with Crippen molar-refractivity contribution in [3.63, 3.8) is 0 Å². The van der Waals surface area contributed by atoms with Gasteiger partial charge in [-0.3, -0.25) is 14.1 Å². The molecule has 0 N–H and O–H groups in total. The number of hydrogen-bond acceptors (Lipinski definition) is 4. The van der Waals surface area contributed by atoms with E-state index >= 15 is 0 Å². The number of aromatic nitrogens is 7. The first kappa shape index (κ1) is 35.1. The predicted molar refractivity (Wildman–Crippen MR) is 257 cm³/mol. The van der Waals surface area contributed by atoms with Gasteiger partial charge in [-0.25, -0.2) is 15.0 Å². The second-order valence-corrected chi connectivity index (χ2v) is 16.0. The van der Waals surface area contributed by atoms with Crippen molar-refractivity contribution in [3.05, 3.63) is 213 Å². The summed E-state index contributed by atoms with van der Waals surface area (Å²) in [5.41, 5.74) is 14.7. The van der Waals surface area contributed by atoms with E-state index in [1.54, 1.807) is 0 Å². The van der Waals surface area contributed by atoms with E-state index in [0.29, 0.717) is 5.95 Å². The standard InChI is InChI=1S/C56H35N7/c1-3-14-36(15-4-1)40-31-47(37-16-5-2-6-17-37)60-54(33-40)62-48-21-10-7-18-42(48)44-27-25-39(32-53(44)62)38-26-28-51-46(30-38)43-19-8-11-22-49(43)63(51)56-58-34-41(35-59-56)61-50-23-12-9-20-45(50)55-52(61)24-13-29-57-55/h1-35H. The summed E-state index contributed by atoms with van der Waals surface area (Å²) in [5, 5.41) is 5.74. The summed E-state index contributed by atoms with van der Waals surface area (Å²) >= 11 is 0. The molecular formula is C56H35N7. The third-order valence-electron chi connectivity index (χ3n) is 12.4. The van der Waals surface area contributed by atoms with Crippen LogP contribution < -0.4 is 0 Å². The number of fused-ring (bicyclic) bond motifs is 9. The molecule has 6 heterocycles. The topological polar surface area (TPSA) is 66.3 Å². The van der Waals surface area contributed by atoms with Crippen LogP contribution in [0, 0.1) is 0 Å². The van der Waals surface area contributed by atoms with E-state index in [2.05, 4.69) is 196 Å². The number of nitrogens with zero attached hydrogens (tertiary/aromatic N) is 7. The molecule has 0 aliphatic rings. The Labute approximate surface area is 361 Å². The van der Waals surface area contributed by atoms with E-state index in [0.717, 1.165) is 99.8 Å². The van der Waals surface area contributed by atoms with Gasteiger partial charge in [-0.1, -0.05) is 133 Å². The fraction of sp³-hybridized carbons (Fsp3) is 0. The highest BCUT2D eigenvalue weighted by atomic mass is 15.2. The Balaban J connectivity index is 0.957. The molecule has 6 aromatic heterocycles. The minimum absolute atomic E-state index is 0.614. The first-order valence-corrected chi connectivity index (χ1v) is 21.1. The molecule has 0 unspecified atom stereocenters. The lowest BCUT2D eigenvalue weighted by atomic mass is 10.0. The van der Waals surface area contributed by atoms with Crippen molar-refractivity contribution in [2.75, 3.05) is 0 Å². The summed E-state index contributed by atoms with van der Waals surface area (Å²) < 4.78 is 6.69. The summed E-state index contributed by atoms with van der Waals surface area (Å²) in [4.78, 5) is 20.1. The molecule has 7 heteroatoms. The van der Waals surface area contributed by atoms with Gasteiger partial charge in [0, 0.05) is 38.7 Å². The molecule has 13 aromatic rings. The number of pyridine rings is 2. The molecule has 7 aromatic carbocycles. The smallest absolute Gasteiger partial charge is 0.234 e. The van der Waals surface area contributed by atoms with Gasteiger partial charge in [0.1, 0.15) is 5.82 Å². The van der Waals surface area contributed by atoms with Crippen LogP contribution in [0.4, 0.5) is 0 Å². The van der Waals surface area contributed by atoms with Gasteiger partial charge >= 0.3 is 0 Å². The maximum Gasteiger partial charge on any atom is 0.234 e. The summed E-state index contributed by atoms with van der Waals surface area (Å²) in [6, 6.07) is 68.6. The minimum Gasteiger partial charge on any atom is -0.305 e. The van der Waals surface area contributed by atoms with Crippen molar-refractivity contribution in [3.8, 4) is 51.0 Å².